The zero-order valence-corrected chi connectivity index (χ0v) is 8.38. The summed E-state index contributed by atoms with van der Waals surface area (Å²) in [6, 6.07) is 0.564. The number of halogens is 3. The number of rotatable bonds is 2. The summed E-state index contributed by atoms with van der Waals surface area (Å²) in [5, 5.41) is 2.05. The molecule has 1 aromatic heterocycles. The van der Waals surface area contributed by atoms with Gasteiger partial charge in [-0.15, -0.1) is 0 Å². The highest BCUT2D eigenvalue weighted by Crippen LogP contribution is 2.26. The Balaban J connectivity index is 2.15. The zero-order valence-electron chi connectivity index (χ0n) is 8.38. The summed E-state index contributed by atoms with van der Waals surface area (Å²) in [5.74, 6) is 0. The minimum absolute atomic E-state index is 0.148. The first kappa shape index (κ1) is 11.3. The van der Waals surface area contributed by atoms with Gasteiger partial charge in [-0.3, -0.25) is 14.6 Å². The minimum Gasteiger partial charge on any atom is -0.376 e. The summed E-state index contributed by atoms with van der Waals surface area (Å²) in [6.07, 6.45) is -3.03. The maximum atomic E-state index is 12.3. The van der Waals surface area contributed by atoms with Gasteiger partial charge in [-0.2, -0.15) is 13.2 Å². The van der Waals surface area contributed by atoms with Crippen molar-refractivity contribution in [1.29, 1.82) is 0 Å². The van der Waals surface area contributed by atoms with Crippen LogP contribution in [-0.4, -0.2) is 22.5 Å². The summed E-state index contributed by atoms with van der Waals surface area (Å²) in [6.45, 7) is 0.751. The molecule has 1 unspecified atom stereocenters. The number of alkyl halides is 3. The fourth-order valence-corrected chi connectivity index (χ4v) is 1.71. The van der Waals surface area contributed by atoms with E-state index >= 15 is 0 Å². The van der Waals surface area contributed by atoms with E-state index in [4.69, 9.17) is 4.74 Å². The normalized spacial score (nSPS) is 21.6. The van der Waals surface area contributed by atoms with Gasteiger partial charge in [0.2, 0.25) is 0 Å². The molecular weight excluding hydrogens is 225 g/mol. The molecule has 1 aliphatic heterocycles. The number of H-pyrrole nitrogens is 1. The van der Waals surface area contributed by atoms with Gasteiger partial charge >= 0.3 is 6.18 Å². The van der Waals surface area contributed by atoms with Crippen LogP contribution < -0.4 is 5.56 Å². The molecule has 0 radical (unpaired) electrons. The van der Waals surface area contributed by atoms with Crippen molar-refractivity contribution >= 4 is 0 Å². The maximum absolute atomic E-state index is 12.3. The van der Waals surface area contributed by atoms with E-state index in [2.05, 4.69) is 0 Å². The molecule has 0 spiro atoms. The lowest BCUT2D eigenvalue weighted by atomic mass is 10.2. The number of aromatic nitrogens is 2. The van der Waals surface area contributed by atoms with E-state index < -0.39 is 17.4 Å². The van der Waals surface area contributed by atoms with Gasteiger partial charge < -0.3 is 4.74 Å². The molecule has 7 heteroatoms. The van der Waals surface area contributed by atoms with Crippen LogP contribution in [0.1, 0.15) is 18.5 Å². The van der Waals surface area contributed by atoms with Crippen molar-refractivity contribution in [2.45, 2.75) is 31.7 Å². The smallest absolute Gasteiger partial charge is 0.376 e. The zero-order chi connectivity index (χ0) is 11.8. The fraction of sp³-hybridized carbons (Fsp3) is 0.667. The first-order valence-electron chi connectivity index (χ1n) is 4.95. The van der Waals surface area contributed by atoms with Crippen molar-refractivity contribution in [3.63, 3.8) is 0 Å². The molecule has 1 saturated heterocycles. The Hall–Kier alpha value is -1.24. The van der Waals surface area contributed by atoms with Crippen molar-refractivity contribution < 1.29 is 17.9 Å². The second kappa shape index (κ2) is 3.97. The number of ether oxygens (including phenoxy) is 1. The van der Waals surface area contributed by atoms with Gasteiger partial charge in [-0.05, 0) is 12.8 Å². The Morgan fingerprint density at radius 3 is 2.81 bits per heavy atom. The third-order valence-electron chi connectivity index (χ3n) is 2.50. The lowest BCUT2D eigenvalue weighted by Gasteiger charge is -2.09. The van der Waals surface area contributed by atoms with Gasteiger partial charge in [0.1, 0.15) is 5.69 Å². The standard InChI is InChI=1S/C9H11F3N2O2/c10-9(11,12)7-4-8(15)14(13-7)5-6-2-1-3-16-6/h4,6,13H,1-3,5H2. The molecule has 0 amide bonds. The van der Waals surface area contributed by atoms with Gasteiger partial charge in [-0.1, -0.05) is 0 Å². The second-order valence-electron chi connectivity index (χ2n) is 3.75. The molecule has 0 aromatic carbocycles. The lowest BCUT2D eigenvalue weighted by molar-refractivity contribution is -0.141. The van der Waals surface area contributed by atoms with E-state index in [9.17, 15) is 18.0 Å². The molecule has 1 aliphatic rings. The molecule has 2 rings (SSSR count). The van der Waals surface area contributed by atoms with Crippen LogP contribution in [0.15, 0.2) is 10.9 Å². The number of hydrogen-bond donors (Lipinski definition) is 1. The van der Waals surface area contributed by atoms with E-state index in [0.717, 1.165) is 17.5 Å². The summed E-state index contributed by atoms with van der Waals surface area (Å²) >= 11 is 0. The fourth-order valence-electron chi connectivity index (χ4n) is 1.71. The van der Waals surface area contributed by atoms with Crippen LogP contribution >= 0.6 is 0 Å². The monoisotopic (exact) mass is 236 g/mol. The third-order valence-corrected chi connectivity index (χ3v) is 2.50. The molecule has 90 valence electrons. The number of nitrogens with zero attached hydrogens (tertiary/aromatic N) is 1. The molecule has 2 heterocycles. The van der Waals surface area contributed by atoms with Gasteiger partial charge in [0.25, 0.3) is 5.56 Å². The van der Waals surface area contributed by atoms with Crippen LogP contribution in [0, 0.1) is 0 Å². The van der Waals surface area contributed by atoms with Gasteiger partial charge in [0, 0.05) is 12.7 Å². The van der Waals surface area contributed by atoms with E-state index in [1.54, 1.807) is 0 Å². The largest absolute Gasteiger partial charge is 0.432 e. The Kier molecular flexibility index (Phi) is 2.79. The topological polar surface area (TPSA) is 47.0 Å². The van der Waals surface area contributed by atoms with Crippen LogP contribution in [0.2, 0.25) is 0 Å². The maximum Gasteiger partial charge on any atom is 0.432 e. The van der Waals surface area contributed by atoms with Gasteiger partial charge in [-0.25, -0.2) is 0 Å². The predicted molar refractivity (Wildman–Crippen MR) is 49.0 cm³/mol. The highest BCUT2D eigenvalue weighted by atomic mass is 19.4. The Morgan fingerprint density at radius 1 is 1.56 bits per heavy atom. The van der Waals surface area contributed by atoms with Crippen molar-refractivity contribution in [3.05, 3.63) is 22.1 Å². The van der Waals surface area contributed by atoms with Gasteiger partial charge in [0.05, 0.1) is 12.6 Å². The Bertz CT molecular complexity index is 415. The molecule has 0 saturated carbocycles. The van der Waals surface area contributed by atoms with E-state index in [1.807, 2.05) is 5.10 Å². The second-order valence-corrected chi connectivity index (χ2v) is 3.75. The number of hydrogen-bond acceptors (Lipinski definition) is 2. The highest BCUT2D eigenvalue weighted by molar-refractivity contribution is 5.03. The summed E-state index contributed by atoms with van der Waals surface area (Å²) in [4.78, 5) is 11.3. The van der Waals surface area contributed by atoms with E-state index in [1.165, 1.54) is 0 Å². The van der Waals surface area contributed by atoms with Crippen molar-refractivity contribution in [1.82, 2.24) is 9.78 Å². The molecule has 1 atom stereocenters. The van der Waals surface area contributed by atoms with Crippen LogP contribution in [0.3, 0.4) is 0 Å². The van der Waals surface area contributed by atoms with Crippen molar-refractivity contribution in [2.24, 2.45) is 0 Å². The van der Waals surface area contributed by atoms with Gasteiger partial charge in [0.15, 0.2) is 0 Å². The minimum atomic E-state index is -4.51. The average Bonchev–Trinajstić information content (AvgIpc) is 2.76. The van der Waals surface area contributed by atoms with Crippen LogP contribution in [-0.2, 0) is 17.5 Å². The lowest BCUT2D eigenvalue weighted by Crippen LogP contribution is -2.24. The first-order chi connectivity index (χ1) is 7.47. The quantitative estimate of drug-likeness (QED) is 0.843. The molecular formula is C9H11F3N2O2. The van der Waals surface area contributed by atoms with E-state index in [-0.39, 0.29) is 12.6 Å². The summed E-state index contributed by atoms with van der Waals surface area (Å²) in [7, 11) is 0. The molecule has 16 heavy (non-hydrogen) atoms. The summed E-state index contributed by atoms with van der Waals surface area (Å²) < 4.78 is 43.0. The predicted octanol–water partition coefficient (Wildman–Crippen LogP) is 1.37. The Morgan fingerprint density at radius 2 is 2.31 bits per heavy atom. The molecule has 0 bridgehead atoms. The summed E-state index contributed by atoms with van der Waals surface area (Å²) in [5.41, 5.74) is -1.70. The highest BCUT2D eigenvalue weighted by Gasteiger charge is 2.33. The number of nitrogens with one attached hydrogen (secondary N) is 1. The molecule has 0 aliphatic carbocycles. The number of aromatic amines is 1. The van der Waals surface area contributed by atoms with Crippen LogP contribution in [0.25, 0.3) is 0 Å². The molecule has 1 fully saturated rings. The first-order valence-corrected chi connectivity index (χ1v) is 4.95. The SMILES string of the molecule is O=c1cc(C(F)(F)F)[nH]n1CC1CCCO1. The molecule has 1 aromatic rings. The van der Waals surface area contributed by atoms with E-state index in [0.29, 0.717) is 12.7 Å². The third kappa shape index (κ3) is 2.29. The average molecular weight is 236 g/mol. The van der Waals surface area contributed by atoms with Crippen molar-refractivity contribution in [2.75, 3.05) is 6.61 Å². The molecule has 1 N–H and O–H groups in total. The van der Waals surface area contributed by atoms with Crippen molar-refractivity contribution in [3.8, 4) is 0 Å². The van der Waals surface area contributed by atoms with Crippen LogP contribution in [0.5, 0.6) is 0 Å². The van der Waals surface area contributed by atoms with Crippen LogP contribution in [0.4, 0.5) is 13.2 Å². The Labute approximate surface area is 89.0 Å². The molecule has 4 nitrogen and oxygen atoms in total.